The number of ether oxygens (including phenoxy) is 1. The quantitative estimate of drug-likeness (QED) is 0.513. The van der Waals surface area contributed by atoms with Crippen LogP contribution in [0.25, 0.3) is 16.5 Å². The Morgan fingerprint density at radius 1 is 1.13 bits per heavy atom. The van der Waals surface area contributed by atoms with E-state index < -0.39 is 9.84 Å². The Kier molecular flexibility index (Phi) is 7.02. The number of hydrogen-bond donors (Lipinski definition) is 1. The predicted molar refractivity (Wildman–Crippen MR) is 119 cm³/mol. The average molecular weight is 446 g/mol. The van der Waals surface area contributed by atoms with Gasteiger partial charge in [0.05, 0.1) is 5.75 Å². The third-order valence-electron chi connectivity index (χ3n) is 3.99. The number of carbonyl (C=O) groups is 1. The minimum absolute atomic E-state index is 0.0405. The van der Waals surface area contributed by atoms with Crippen LogP contribution in [0.15, 0.2) is 66.7 Å². The maximum atomic E-state index is 13.9. The lowest BCUT2D eigenvalue weighted by atomic mass is 10.2. The number of thiophene rings is 1. The molecule has 0 fully saturated rings. The van der Waals surface area contributed by atoms with Gasteiger partial charge in [0.2, 0.25) is 5.91 Å². The Morgan fingerprint density at radius 3 is 2.70 bits per heavy atom. The third-order valence-corrected chi connectivity index (χ3v) is 5.98. The highest BCUT2D eigenvalue weighted by molar-refractivity contribution is 7.90. The van der Waals surface area contributed by atoms with Gasteiger partial charge in [-0.1, -0.05) is 24.3 Å². The minimum atomic E-state index is -3.10. The summed E-state index contributed by atoms with van der Waals surface area (Å²) in [6.07, 6.45) is 4.21. The first kappa shape index (κ1) is 21.7. The van der Waals surface area contributed by atoms with Gasteiger partial charge in [0.15, 0.2) is 9.84 Å². The number of amides is 1. The minimum Gasteiger partial charge on any atom is -0.492 e. The van der Waals surface area contributed by atoms with Gasteiger partial charge in [-0.15, -0.1) is 11.3 Å². The van der Waals surface area contributed by atoms with Gasteiger partial charge < -0.3 is 10.1 Å². The molecular weight excluding hydrogens is 425 g/mol. The standard InChI is InChI=1S/C22H20FNO4S2/c1-30(26,27)14-13-28-17-6-4-5-16(15-17)24-22(25)12-10-18-9-11-21(29-18)19-7-2-3-8-20(19)23/h2-12,15H,13-14H2,1H3,(H,24,25). The normalized spacial score (nSPS) is 11.5. The first-order valence-corrected chi connectivity index (χ1v) is 11.9. The summed E-state index contributed by atoms with van der Waals surface area (Å²) in [5.74, 6) is -0.231. The molecule has 0 bridgehead atoms. The number of nitrogens with one attached hydrogen (secondary N) is 1. The van der Waals surface area contributed by atoms with Crippen molar-refractivity contribution in [3.63, 3.8) is 0 Å². The van der Waals surface area contributed by atoms with E-state index >= 15 is 0 Å². The zero-order chi connectivity index (χ0) is 21.6. The molecule has 0 spiro atoms. The molecule has 8 heteroatoms. The van der Waals surface area contributed by atoms with E-state index in [4.69, 9.17) is 4.74 Å². The van der Waals surface area contributed by atoms with Crippen molar-refractivity contribution in [1.29, 1.82) is 0 Å². The van der Waals surface area contributed by atoms with Crippen molar-refractivity contribution in [1.82, 2.24) is 0 Å². The molecule has 0 atom stereocenters. The van der Waals surface area contributed by atoms with Crippen LogP contribution in [-0.4, -0.2) is 32.9 Å². The number of rotatable bonds is 8. The molecule has 3 rings (SSSR count). The van der Waals surface area contributed by atoms with E-state index in [-0.39, 0.29) is 24.1 Å². The van der Waals surface area contributed by atoms with Gasteiger partial charge in [0.1, 0.15) is 18.2 Å². The fourth-order valence-electron chi connectivity index (χ4n) is 2.56. The van der Waals surface area contributed by atoms with Crippen molar-refractivity contribution in [3.05, 3.63) is 77.4 Å². The number of hydrogen-bond acceptors (Lipinski definition) is 5. The SMILES string of the molecule is CS(=O)(=O)CCOc1cccc(NC(=O)C=Cc2ccc(-c3ccccc3F)s2)c1. The molecule has 2 aromatic carbocycles. The van der Waals surface area contributed by atoms with Crippen LogP contribution in [0.5, 0.6) is 5.75 Å². The summed E-state index contributed by atoms with van der Waals surface area (Å²) in [5.41, 5.74) is 1.05. The van der Waals surface area contributed by atoms with Crippen LogP contribution in [0, 0.1) is 5.82 Å². The number of benzene rings is 2. The van der Waals surface area contributed by atoms with E-state index in [1.807, 2.05) is 12.1 Å². The Labute approximate surface area is 178 Å². The van der Waals surface area contributed by atoms with Crippen LogP contribution in [0.3, 0.4) is 0 Å². The zero-order valence-electron chi connectivity index (χ0n) is 16.2. The van der Waals surface area contributed by atoms with Crippen LogP contribution in [-0.2, 0) is 14.6 Å². The maximum Gasteiger partial charge on any atom is 0.248 e. The first-order chi connectivity index (χ1) is 14.3. The molecule has 156 valence electrons. The van der Waals surface area contributed by atoms with Gasteiger partial charge in [-0.3, -0.25) is 4.79 Å². The summed E-state index contributed by atoms with van der Waals surface area (Å²) in [6.45, 7) is 0.0405. The Hall–Kier alpha value is -2.97. The number of anilines is 1. The molecule has 1 aromatic heterocycles. The predicted octanol–water partition coefficient (Wildman–Crippen LogP) is 4.63. The lowest BCUT2D eigenvalue weighted by molar-refractivity contribution is -0.111. The molecule has 0 aliphatic heterocycles. The number of sulfone groups is 1. The Morgan fingerprint density at radius 2 is 1.93 bits per heavy atom. The van der Waals surface area contributed by atoms with Crippen molar-refractivity contribution in [2.45, 2.75) is 0 Å². The molecule has 0 aliphatic carbocycles. The van der Waals surface area contributed by atoms with Crippen LogP contribution < -0.4 is 10.1 Å². The summed E-state index contributed by atoms with van der Waals surface area (Å²) >= 11 is 1.39. The van der Waals surface area contributed by atoms with Crippen LogP contribution in [0.4, 0.5) is 10.1 Å². The van der Waals surface area contributed by atoms with E-state index in [9.17, 15) is 17.6 Å². The number of halogens is 1. The fourth-order valence-corrected chi connectivity index (χ4v) is 3.89. The van der Waals surface area contributed by atoms with Crippen molar-refractivity contribution in [3.8, 4) is 16.2 Å². The third kappa shape index (κ3) is 6.53. The molecule has 1 N–H and O–H groups in total. The summed E-state index contributed by atoms with van der Waals surface area (Å²) in [4.78, 5) is 13.8. The van der Waals surface area contributed by atoms with Gasteiger partial charge in [-0.05, 0) is 36.4 Å². The second-order valence-electron chi connectivity index (χ2n) is 6.51. The molecule has 5 nitrogen and oxygen atoms in total. The molecular formula is C22H20FNO4S2. The largest absolute Gasteiger partial charge is 0.492 e. The summed E-state index contributed by atoms with van der Waals surface area (Å²) in [6, 6.07) is 16.9. The molecule has 30 heavy (non-hydrogen) atoms. The van der Waals surface area contributed by atoms with Gasteiger partial charge in [0.25, 0.3) is 0 Å². The van der Waals surface area contributed by atoms with E-state index in [0.717, 1.165) is 16.0 Å². The Bertz CT molecular complexity index is 1170. The summed E-state index contributed by atoms with van der Waals surface area (Å²) in [7, 11) is -3.10. The lowest BCUT2D eigenvalue weighted by Gasteiger charge is -2.08. The highest BCUT2D eigenvalue weighted by atomic mass is 32.2. The van der Waals surface area contributed by atoms with Crippen LogP contribution >= 0.6 is 11.3 Å². The van der Waals surface area contributed by atoms with Gasteiger partial charge in [0, 0.05) is 39.4 Å². The molecule has 1 amide bonds. The van der Waals surface area contributed by atoms with Crippen LogP contribution in [0.1, 0.15) is 4.88 Å². The van der Waals surface area contributed by atoms with Crippen molar-refractivity contribution >= 4 is 38.8 Å². The van der Waals surface area contributed by atoms with Crippen LogP contribution in [0.2, 0.25) is 0 Å². The second kappa shape index (κ2) is 9.69. The number of carbonyl (C=O) groups excluding carboxylic acids is 1. The first-order valence-electron chi connectivity index (χ1n) is 9.04. The molecule has 0 saturated carbocycles. The molecule has 3 aromatic rings. The fraction of sp³-hybridized carbons (Fsp3) is 0.136. The summed E-state index contributed by atoms with van der Waals surface area (Å²) in [5, 5.41) is 2.73. The van der Waals surface area contributed by atoms with E-state index in [0.29, 0.717) is 17.0 Å². The van der Waals surface area contributed by atoms with Crippen molar-refractivity contribution in [2.24, 2.45) is 0 Å². The molecule has 0 saturated heterocycles. The smallest absolute Gasteiger partial charge is 0.248 e. The van der Waals surface area contributed by atoms with Crippen molar-refractivity contribution < 1.29 is 22.3 Å². The maximum absolute atomic E-state index is 13.9. The Balaban J connectivity index is 1.59. The van der Waals surface area contributed by atoms with Gasteiger partial charge in [-0.25, -0.2) is 12.8 Å². The van der Waals surface area contributed by atoms with E-state index in [1.165, 1.54) is 23.5 Å². The van der Waals surface area contributed by atoms with E-state index in [2.05, 4.69) is 5.32 Å². The molecule has 0 radical (unpaired) electrons. The van der Waals surface area contributed by atoms with Gasteiger partial charge >= 0.3 is 0 Å². The monoisotopic (exact) mass is 445 g/mol. The average Bonchev–Trinajstić information content (AvgIpc) is 3.15. The molecule has 0 aliphatic rings. The molecule has 0 unspecified atom stereocenters. The highest BCUT2D eigenvalue weighted by Gasteiger charge is 2.07. The second-order valence-corrected chi connectivity index (χ2v) is 9.89. The van der Waals surface area contributed by atoms with E-state index in [1.54, 1.807) is 48.5 Å². The highest BCUT2D eigenvalue weighted by Crippen LogP contribution is 2.30. The lowest BCUT2D eigenvalue weighted by Crippen LogP contribution is -2.12. The molecule has 1 heterocycles. The van der Waals surface area contributed by atoms with Crippen molar-refractivity contribution in [2.75, 3.05) is 23.9 Å². The topological polar surface area (TPSA) is 72.5 Å². The summed E-state index contributed by atoms with van der Waals surface area (Å²) < 4.78 is 41.6. The zero-order valence-corrected chi connectivity index (χ0v) is 17.8. The van der Waals surface area contributed by atoms with Gasteiger partial charge in [-0.2, -0.15) is 0 Å².